The highest BCUT2D eigenvalue weighted by molar-refractivity contribution is 6.03. The Hall–Kier alpha value is -4.95. The van der Waals surface area contributed by atoms with Gasteiger partial charge in [0, 0.05) is 25.0 Å². The number of urea groups is 1. The molecule has 2 aliphatic rings. The largest absolute Gasteiger partial charge is 0.433 e. The first-order valence-corrected chi connectivity index (χ1v) is 12.0. The van der Waals surface area contributed by atoms with Crippen molar-refractivity contribution in [1.82, 2.24) is 34.6 Å². The molecule has 2 unspecified atom stereocenters. The summed E-state index contributed by atoms with van der Waals surface area (Å²) in [5.41, 5.74) is -0.0554. The summed E-state index contributed by atoms with van der Waals surface area (Å²) in [5.74, 6) is -1.03. The smallest absolute Gasteiger partial charge is 0.335 e. The van der Waals surface area contributed by atoms with E-state index in [2.05, 4.69) is 30.2 Å². The number of imide groups is 1. The quantitative estimate of drug-likeness (QED) is 0.492. The minimum absolute atomic E-state index is 0.0400. The van der Waals surface area contributed by atoms with E-state index in [1.165, 1.54) is 41.6 Å². The maximum atomic E-state index is 13.4. The van der Waals surface area contributed by atoms with Crippen LogP contribution < -0.4 is 5.32 Å². The number of rotatable bonds is 6. The van der Waals surface area contributed by atoms with Crippen LogP contribution in [0.3, 0.4) is 0 Å². The van der Waals surface area contributed by atoms with Gasteiger partial charge in [0.2, 0.25) is 5.91 Å². The Labute approximate surface area is 225 Å². The monoisotopic (exact) mass is 553 g/mol. The van der Waals surface area contributed by atoms with Gasteiger partial charge in [-0.1, -0.05) is 6.07 Å². The second kappa shape index (κ2) is 10.3. The number of carbonyl (C=O) groups is 3. The van der Waals surface area contributed by atoms with Gasteiger partial charge in [0.1, 0.15) is 11.7 Å². The number of amides is 4. The third-order valence-electron chi connectivity index (χ3n) is 6.51. The number of aliphatic imine (C=N–C) groups is 1. The number of nitrogens with one attached hydrogen (secondary N) is 1. The van der Waals surface area contributed by atoms with Crippen LogP contribution in [0.15, 0.2) is 60.1 Å². The van der Waals surface area contributed by atoms with E-state index in [0.717, 1.165) is 17.2 Å². The number of anilines is 1. The average Bonchev–Trinajstić information content (AvgIpc) is 3.39. The molecule has 3 aromatic heterocycles. The molecule has 0 aromatic carbocycles. The number of hydrogen-bond acceptors (Lipinski definition) is 9. The first-order valence-electron chi connectivity index (χ1n) is 12.0. The number of aromatic nitrogens is 4. The van der Waals surface area contributed by atoms with Crippen LogP contribution in [0, 0.1) is 0 Å². The van der Waals surface area contributed by atoms with Crippen LogP contribution in [-0.2, 0) is 22.3 Å². The van der Waals surface area contributed by atoms with Gasteiger partial charge in [-0.2, -0.15) is 13.2 Å². The van der Waals surface area contributed by atoms with Gasteiger partial charge in [0.25, 0.3) is 5.91 Å². The first kappa shape index (κ1) is 26.6. The predicted molar refractivity (Wildman–Crippen MR) is 134 cm³/mol. The molecular formula is C25H22F3N9O3. The maximum Gasteiger partial charge on any atom is 0.433 e. The van der Waals surface area contributed by atoms with E-state index in [9.17, 15) is 27.6 Å². The van der Waals surface area contributed by atoms with E-state index in [-0.39, 0.29) is 23.6 Å². The maximum absolute atomic E-state index is 13.4. The highest BCUT2D eigenvalue weighted by Crippen LogP contribution is 2.30. The van der Waals surface area contributed by atoms with E-state index in [0.29, 0.717) is 5.69 Å². The summed E-state index contributed by atoms with van der Waals surface area (Å²) < 4.78 is 38.5. The molecule has 1 saturated heterocycles. The van der Waals surface area contributed by atoms with Gasteiger partial charge >= 0.3 is 12.2 Å². The molecule has 0 bridgehead atoms. The third kappa shape index (κ3) is 5.04. The molecule has 4 amide bonds. The zero-order valence-corrected chi connectivity index (χ0v) is 21.1. The van der Waals surface area contributed by atoms with Crippen molar-refractivity contribution in [3.8, 4) is 11.3 Å². The lowest BCUT2D eigenvalue weighted by atomic mass is 10.1. The predicted octanol–water partition coefficient (Wildman–Crippen LogP) is 2.41. The number of halogens is 3. The topological polar surface area (TPSA) is 137 Å². The van der Waals surface area contributed by atoms with Crippen molar-refractivity contribution in [2.45, 2.75) is 37.9 Å². The van der Waals surface area contributed by atoms with Gasteiger partial charge in [-0.3, -0.25) is 29.4 Å². The second-order valence-corrected chi connectivity index (χ2v) is 9.09. The Morgan fingerprint density at radius 3 is 2.58 bits per heavy atom. The van der Waals surface area contributed by atoms with Gasteiger partial charge in [0.05, 0.1) is 36.7 Å². The molecule has 0 saturated carbocycles. The standard InChI is InChI=1S/C25H22F3N9O3/c1-14(22(38)34-19-11-29-10-17(33-19)15-6-7-18(31-9-15)25(26,27)28)37-13-32-21-20(37)23(39)36(24(40)35(21)2)12-16-5-3-4-8-30-16/h3-11,13-14,20-21H,12H2,1-2H3,(H,33,34,38)/t14-,20?,21?/m0/s1. The average molecular weight is 554 g/mol. The zero-order chi connectivity index (χ0) is 28.6. The van der Waals surface area contributed by atoms with Crippen molar-refractivity contribution in [1.29, 1.82) is 0 Å². The molecule has 3 aromatic rings. The number of hydrogen-bond donors (Lipinski definition) is 1. The number of fused-ring (bicyclic) bond motifs is 1. The molecule has 12 nitrogen and oxygen atoms in total. The molecule has 15 heteroatoms. The van der Waals surface area contributed by atoms with Crippen LogP contribution in [0.25, 0.3) is 11.3 Å². The summed E-state index contributed by atoms with van der Waals surface area (Å²) in [6.45, 7) is 1.52. The number of carbonyl (C=O) groups excluding carboxylic acids is 3. The normalized spacial score (nSPS) is 19.6. The lowest BCUT2D eigenvalue weighted by Gasteiger charge is -2.42. The van der Waals surface area contributed by atoms with Crippen LogP contribution in [0.5, 0.6) is 0 Å². The van der Waals surface area contributed by atoms with Gasteiger partial charge in [-0.05, 0) is 31.2 Å². The highest BCUT2D eigenvalue weighted by atomic mass is 19.4. The summed E-state index contributed by atoms with van der Waals surface area (Å²) in [7, 11) is 1.53. The van der Waals surface area contributed by atoms with E-state index in [1.807, 2.05) is 0 Å². The number of likely N-dealkylation sites (N-methyl/N-ethyl adjacent to an activating group) is 1. The highest BCUT2D eigenvalue weighted by Gasteiger charge is 2.51. The van der Waals surface area contributed by atoms with Crippen LogP contribution in [0.2, 0.25) is 0 Å². The summed E-state index contributed by atoms with van der Waals surface area (Å²) in [6, 6.07) is 4.81. The van der Waals surface area contributed by atoms with Crippen molar-refractivity contribution in [3.63, 3.8) is 0 Å². The Balaban J connectivity index is 1.31. The van der Waals surface area contributed by atoms with Crippen molar-refractivity contribution >= 4 is 30.0 Å². The molecule has 0 aliphatic carbocycles. The molecule has 0 radical (unpaired) electrons. The Bertz CT molecular complexity index is 1470. The van der Waals surface area contributed by atoms with Gasteiger partial charge in [-0.25, -0.2) is 14.8 Å². The molecule has 40 heavy (non-hydrogen) atoms. The lowest BCUT2D eigenvalue weighted by molar-refractivity contribution is -0.141. The van der Waals surface area contributed by atoms with E-state index >= 15 is 0 Å². The van der Waals surface area contributed by atoms with Crippen molar-refractivity contribution in [2.75, 3.05) is 12.4 Å². The van der Waals surface area contributed by atoms with E-state index in [4.69, 9.17) is 0 Å². The minimum atomic E-state index is -4.58. The lowest BCUT2D eigenvalue weighted by Crippen LogP contribution is -2.66. The first-order chi connectivity index (χ1) is 19.0. The second-order valence-electron chi connectivity index (χ2n) is 9.09. The van der Waals surface area contributed by atoms with Crippen LogP contribution in [0.4, 0.5) is 23.8 Å². The Kier molecular flexibility index (Phi) is 6.87. The molecule has 206 valence electrons. The number of alkyl halides is 3. The molecule has 0 spiro atoms. The summed E-state index contributed by atoms with van der Waals surface area (Å²) in [4.78, 5) is 63.6. The fourth-order valence-electron chi connectivity index (χ4n) is 4.36. The number of nitrogens with zero attached hydrogens (tertiary/aromatic N) is 8. The molecule has 5 heterocycles. The fraction of sp³-hybridized carbons (Fsp3) is 0.280. The van der Waals surface area contributed by atoms with Crippen LogP contribution >= 0.6 is 0 Å². The van der Waals surface area contributed by atoms with Crippen molar-refractivity contribution < 1.29 is 27.6 Å². The molecule has 3 atom stereocenters. The van der Waals surface area contributed by atoms with Crippen molar-refractivity contribution in [2.24, 2.45) is 4.99 Å². The fourth-order valence-corrected chi connectivity index (χ4v) is 4.36. The SMILES string of the molecule is C[C@@H](C(=O)Nc1cncc(-c2ccc(C(F)(F)F)nc2)n1)N1C=NC2C1C(=O)N(Cc1ccccn1)C(=O)N2C. The summed E-state index contributed by atoms with van der Waals surface area (Å²) in [5, 5.41) is 2.61. The molecule has 2 aliphatic heterocycles. The van der Waals surface area contributed by atoms with Crippen LogP contribution in [0.1, 0.15) is 18.3 Å². The van der Waals surface area contributed by atoms with Gasteiger partial charge < -0.3 is 15.1 Å². The number of pyridine rings is 2. The summed E-state index contributed by atoms with van der Waals surface area (Å²) in [6.07, 6.45) is 1.15. The summed E-state index contributed by atoms with van der Waals surface area (Å²) >= 11 is 0. The van der Waals surface area contributed by atoms with E-state index in [1.54, 1.807) is 31.3 Å². The Morgan fingerprint density at radius 1 is 1.10 bits per heavy atom. The van der Waals surface area contributed by atoms with Crippen molar-refractivity contribution in [3.05, 3.63) is 66.5 Å². The zero-order valence-electron chi connectivity index (χ0n) is 21.1. The molecule has 1 fully saturated rings. The molecule has 1 N–H and O–H groups in total. The van der Waals surface area contributed by atoms with Gasteiger partial charge in [-0.15, -0.1) is 0 Å². The Morgan fingerprint density at radius 2 is 1.90 bits per heavy atom. The van der Waals surface area contributed by atoms with Gasteiger partial charge in [0.15, 0.2) is 18.0 Å². The third-order valence-corrected chi connectivity index (χ3v) is 6.51. The van der Waals surface area contributed by atoms with Crippen LogP contribution in [-0.4, -0.2) is 84.1 Å². The molecular weight excluding hydrogens is 531 g/mol. The van der Waals surface area contributed by atoms with E-state index < -0.39 is 48.0 Å². The minimum Gasteiger partial charge on any atom is -0.335 e. The molecule has 5 rings (SSSR count).